The van der Waals surface area contributed by atoms with Gasteiger partial charge in [-0.3, -0.25) is 4.79 Å². The standard InChI is InChI=1S/C18H14FNO3/c1-12-10-17(23-20-12)11-22-16-8-4-14(5-9-16)18(21)13-2-6-15(19)7-3-13/h2-10H,11H2,1H3. The predicted molar refractivity (Wildman–Crippen MR) is 81.8 cm³/mol. The number of ketones is 1. The van der Waals surface area contributed by atoms with Gasteiger partial charge in [0, 0.05) is 17.2 Å². The lowest BCUT2D eigenvalue weighted by molar-refractivity contribution is 0.103. The van der Waals surface area contributed by atoms with Crippen LogP contribution < -0.4 is 4.74 Å². The molecule has 0 unspecified atom stereocenters. The van der Waals surface area contributed by atoms with Gasteiger partial charge in [-0.05, 0) is 55.5 Å². The third-order valence-electron chi connectivity index (χ3n) is 3.28. The average Bonchev–Trinajstić information content (AvgIpc) is 2.99. The molecule has 2 aromatic carbocycles. The molecular formula is C18H14FNO3. The fraction of sp³-hybridized carbons (Fsp3) is 0.111. The van der Waals surface area contributed by atoms with Gasteiger partial charge in [-0.15, -0.1) is 0 Å². The Morgan fingerprint density at radius 2 is 1.70 bits per heavy atom. The van der Waals surface area contributed by atoms with Crippen LogP contribution in [0.4, 0.5) is 4.39 Å². The molecule has 0 radical (unpaired) electrons. The van der Waals surface area contributed by atoms with Gasteiger partial charge in [0.15, 0.2) is 11.5 Å². The number of ether oxygens (including phenoxy) is 1. The van der Waals surface area contributed by atoms with E-state index in [0.29, 0.717) is 22.6 Å². The molecule has 0 N–H and O–H groups in total. The first-order valence-electron chi connectivity index (χ1n) is 7.07. The summed E-state index contributed by atoms with van der Waals surface area (Å²) in [6.45, 7) is 2.11. The van der Waals surface area contributed by atoms with Crippen molar-refractivity contribution >= 4 is 5.78 Å². The van der Waals surface area contributed by atoms with Crippen LogP contribution >= 0.6 is 0 Å². The van der Waals surface area contributed by atoms with Crippen molar-refractivity contribution < 1.29 is 18.4 Å². The van der Waals surface area contributed by atoms with E-state index in [9.17, 15) is 9.18 Å². The Kier molecular flexibility index (Phi) is 4.19. The van der Waals surface area contributed by atoms with Gasteiger partial charge in [0.25, 0.3) is 0 Å². The van der Waals surface area contributed by atoms with E-state index in [0.717, 1.165) is 5.69 Å². The van der Waals surface area contributed by atoms with Crippen LogP contribution in [0.25, 0.3) is 0 Å². The number of nitrogens with zero attached hydrogens (tertiary/aromatic N) is 1. The number of carbonyl (C=O) groups excluding carboxylic acids is 1. The van der Waals surface area contributed by atoms with Crippen molar-refractivity contribution in [2.45, 2.75) is 13.5 Å². The zero-order chi connectivity index (χ0) is 16.2. The minimum atomic E-state index is -0.368. The maximum atomic E-state index is 12.9. The Morgan fingerprint density at radius 3 is 2.26 bits per heavy atom. The van der Waals surface area contributed by atoms with E-state index in [2.05, 4.69) is 5.16 Å². The molecule has 0 saturated heterocycles. The average molecular weight is 311 g/mol. The Labute approximate surface area is 132 Å². The van der Waals surface area contributed by atoms with Crippen molar-refractivity contribution in [2.75, 3.05) is 0 Å². The summed E-state index contributed by atoms with van der Waals surface area (Å²) in [6.07, 6.45) is 0. The van der Waals surface area contributed by atoms with E-state index in [1.165, 1.54) is 24.3 Å². The Hall–Kier alpha value is -2.95. The van der Waals surface area contributed by atoms with E-state index in [1.54, 1.807) is 30.3 Å². The lowest BCUT2D eigenvalue weighted by Gasteiger charge is -2.05. The van der Waals surface area contributed by atoms with Gasteiger partial charge in [-0.1, -0.05) is 5.16 Å². The molecule has 5 heteroatoms. The molecule has 3 aromatic rings. The largest absolute Gasteiger partial charge is 0.486 e. The lowest BCUT2D eigenvalue weighted by atomic mass is 10.0. The van der Waals surface area contributed by atoms with Crippen molar-refractivity contribution in [3.05, 3.63) is 83.0 Å². The van der Waals surface area contributed by atoms with Crippen molar-refractivity contribution in [1.29, 1.82) is 0 Å². The molecule has 0 saturated carbocycles. The highest BCUT2D eigenvalue weighted by Crippen LogP contribution is 2.17. The second-order valence-corrected chi connectivity index (χ2v) is 5.08. The van der Waals surface area contributed by atoms with Crippen LogP contribution in [0.3, 0.4) is 0 Å². The molecule has 1 aromatic heterocycles. The highest BCUT2D eigenvalue weighted by molar-refractivity contribution is 6.08. The van der Waals surface area contributed by atoms with E-state index >= 15 is 0 Å². The number of aryl methyl sites for hydroxylation is 1. The molecule has 0 aliphatic rings. The zero-order valence-corrected chi connectivity index (χ0v) is 12.5. The number of carbonyl (C=O) groups is 1. The third-order valence-corrected chi connectivity index (χ3v) is 3.28. The zero-order valence-electron chi connectivity index (χ0n) is 12.5. The van der Waals surface area contributed by atoms with Crippen molar-refractivity contribution in [3.8, 4) is 5.75 Å². The van der Waals surface area contributed by atoms with Gasteiger partial charge in [0.2, 0.25) is 0 Å². The topological polar surface area (TPSA) is 52.3 Å². The van der Waals surface area contributed by atoms with E-state index < -0.39 is 0 Å². The summed E-state index contributed by atoms with van der Waals surface area (Å²) in [5.41, 5.74) is 1.75. The summed E-state index contributed by atoms with van der Waals surface area (Å²) in [5.74, 6) is 0.721. The summed E-state index contributed by atoms with van der Waals surface area (Å²) in [4.78, 5) is 12.3. The first-order valence-corrected chi connectivity index (χ1v) is 7.07. The number of hydrogen-bond donors (Lipinski definition) is 0. The summed E-state index contributed by atoms with van der Waals surface area (Å²) >= 11 is 0. The monoisotopic (exact) mass is 311 g/mol. The van der Waals surface area contributed by atoms with Gasteiger partial charge in [0.05, 0.1) is 5.69 Å². The van der Waals surface area contributed by atoms with Crippen LogP contribution in [0.1, 0.15) is 27.4 Å². The predicted octanol–water partition coefficient (Wildman–Crippen LogP) is 3.93. The van der Waals surface area contributed by atoms with Crippen LogP contribution in [-0.4, -0.2) is 10.9 Å². The molecule has 0 spiro atoms. The molecule has 0 aliphatic carbocycles. The van der Waals surface area contributed by atoms with E-state index in [4.69, 9.17) is 9.26 Å². The molecule has 116 valence electrons. The van der Waals surface area contributed by atoms with Gasteiger partial charge in [0.1, 0.15) is 18.2 Å². The van der Waals surface area contributed by atoms with Crippen LogP contribution in [0.2, 0.25) is 0 Å². The minimum absolute atomic E-state index is 0.164. The Bertz CT molecular complexity index is 807. The molecular weight excluding hydrogens is 297 g/mol. The third kappa shape index (κ3) is 3.63. The molecule has 0 fully saturated rings. The quantitative estimate of drug-likeness (QED) is 0.670. The SMILES string of the molecule is Cc1cc(COc2ccc(C(=O)c3ccc(F)cc3)cc2)on1. The maximum absolute atomic E-state index is 12.9. The number of benzene rings is 2. The molecule has 3 rings (SSSR count). The molecule has 0 atom stereocenters. The second kappa shape index (κ2) is 6.44. The Balaban J connectivity index is 1.66. The van der Waals surface area contributed by atoms with Crippen LogP contribution in [0, 0.1) is 12.7 Å². The molecule has 0 bridgehead atoms. The molecule has 0 aliphatic heterocycles. The van der Waals surface area contributed by atoms with Crippen LogP contribution in [0.5, 0.6) is 5.75 Å². The number of hydrogen-bond acceptors (Lipinski definition) is 4. The summed E-state index contributed by atoms with van der Waals surface area (Å²) in [7, 11) is 0. The van der Waals surface area contributed by atoms with E-state index in [1.807, 2.05) is 6.92 Å². The minimum Gasteiger partial charge on any atom is -0.486 e. The number of rotatable bonds is 5. The van der Waals surface area contributed by atoms with Crippen molar-refractivity contribution in [2.24, 2.45) is 0 Å². The summed E-state index contributed by atoms with van der Waals surface area (Å²) in [5, 5.41) is 3.78. The fourth-order valence-corrected chi connectivity index (χ4v) is 2.11. The number of halogens is 1. The van der Waals surface area contributed by atoms with Gasteiger partial charge in [-0.2, -0.15) is 0 Å². The molecule has 0 amide bonds. The first-order chi connectivity index (χ1) is 11.1. The van der Waals surface area contributed by atoms with Gasteiger partial charge in [-0.25, -0.2) is 4.39 Å². The second-order valence-electron chi connectivity index (χ2n) is 5.08. The molecule has 1 heterocycles. The van der Waals surface area contributed by atoms with Crippen LogP contribution in [0.15, 0.2) is 59.1 Å². The highest BCUT2D eigenvalue weighted by Gasteiger charge is 2.09. The first kappa shape index (κ1) is 15.0. The normalized spacial score (nSPS) is 10.5. The van der Waals surface area contributed by atoms with E-state index in [-0.39, 0.29) is 18.2 Å². The maximum Gasteiger partial charge on any atom is 0.193 e. The lowest BCUT2D eigenvalue weighted by Crippen LogP contribution is -2.01. The van der Waals surface area contributed by atoms with Crippen LogP contribution in [-0.2, 0) is 6.61 Å². The van der Waals surface area contributed by atoms with Gasteiger partial charge >= 0.3 is 0 Å². The van der Waals surface area contributed by atoms with Crippen molar-refractivity contribution in [3.63, 3.8) is 0 Å². The summed E-state index contributed by atoms with van der Waals surface area (Å²) < 4.78 is 23.5. The van der Waals surface area contributed by atoms with Crippen molar-refractivity contribution in [1.82, 2.24) is 5.16 Å². The Morgan fingerprint density at radius 1 is 1.09 bits per heavy atom. The fourth-order valence-electron chi connectivity index (χ4n) is 2.11. The summed E-state index contributed by atoms with van der Waals surface area (Å²) in [6, 6.07) is 14.0. The molecule has 4 nitrogen and oxygen atoms in total. The molecule has 23 heavy (non-hydrogen) atoms. The van der Waals surface area contributed by atoms with Gasteiger partial charge < -0.3 is 9.26 Å². The highest BCUT2D eigenvalue weighted by atomic mass is 19.1. The number of aromatic nitrogens is 1. The smallest absolute Gasteiger partial charge is 0.193 e.